The van der Waals surface area contributed by atoms with Crippen LogP contribution in [0.25, 0.3) is 0 Å². The molecule has 1 N–H and O–H groups in total. The Balaban J connectivity index is 1.69. The van der Waals surface area contributed by atoms with Gasteiger partial charge < -0.3 is 10.2 Å². The van der Waals surface area contributed by atoms with Crippen LogP contribution in [0, 0.1) is 13.8 Å². The van der Waals surface area contributed by atoms with Gasteiger partial charge in [0.2, 0.25) is 11.8 Å². The number of amides is 2. The van der Waals surface area contributed by atoms with Crippen molar-refractivity contribution in [2.45, 2.75) is 89.7 Å². The first-order valence-corrected chi connectivity index (χ1v) is 16.2. The zero-order valence-electron chi connectivity index (χ0n) is 25.3. The van der Waals surface area contributed by atoms with Crippen LogP contribution >= 0.6 is 0 Å². The van der Waals surface area contributed by atoms with Gasteiger partial charge in [-0.15, -0.1) is 0 Å². The quantitative estimate of drug-likeness (QED) is 0.293. The van der Waals surface area contributed by atoms with Crippen molar-refractivity contribution in [1.29, 1.82) is 0 Å². The summed E-state index contributed by atoms with van der Waals surface area (Å²) in [5.41, 5.74) is 4.35. The molecule has 0 saturated heterocycles. The number of anilines is 1. The lowest BCUT2D eigenvalue weighted by Crippen LogP contribution is -2.52. The standard InChI is InChI=1S/C34H43N3O4S/c1-24(2)29-16-18-31(19-17-29)37(42(40,41)32-20-12-26(4)13-21-32)23-33(38)36(22-28-14-10-25(3)11-15-28)27(5)34(39)35-30-8-6-7-9-30/h10-21,24,27,30H,6-9,22-23H2,1-5H3,(H,35,39). The summed E-state index contributed by atoms with van der Waals surface area (Å²) in [5.74, 6) is -0.406. The molecule has 7 nitrogen and oxygen atoms in total. The number of carbonyl (C=O) groups excluding carboxylic acids is 2. The Morgan fingerprint density at radius 1 is 0.833 bits per heavy atom. The molecule has 1 fully saturated rings. The number of aryl methyl sites for hydroxylation is 2. The Morgan fingerprint density at radius 3 is 1.93 bits per heavy atom. The second-order valence-electron chi connectivity index (χ2n) is 11.7. The highest BCUT2D eigenvalue weighted by Gasteiger charge is 2.33. The van der Waals surface area contributed by atoms with Crippen molar-refractivity contribution in [2.24, 2.45) is 0 Å². The molecule has 1 unspecified atom stereocenters. The van der Waals surface area contributed by atoms with E-state index >= 15 is 0 Å². The molecule has 1 atom stereocenters. The highest BCUT2D eigenvalue weighted by atomic mass is 32.2. The Hall–Kier alpha value is -3.65. The molecule has 8 heteroatoms. The number of benzene rings is 3. The molecule has 224 valence electrons. The summed E-state index contributed by atoms with van der Waals surface area (Å²) < 4.78 is 29.2. The van der Waals surface area contributed by atoms with Gasteiger partial charge in [0.15, 0.2) is 0 Å². The van der Waals surface area contributed by atoms with Crippen LogP contribution in [0.4, 0.5) is 5.69 Å². The largest absolute Gasteiger partial charge is 0.352 e. The van der Waals surface area contributed by atoms with Gasteiger partial charge in [0.25, 0.3) is 10.0 Å². The van der Waals surface area contributed by atoms with Gasteiger partial charge in [-0.1, -0.05) is 86.3 Å². The molecular weight excluding hydrogens is 546 g/mol. The monoisotopic (exact) mass is 589 g/mol. The number of rotatable bonds is 11. The van der Waals surface area contributed by atoms with E-state index in [-0.39, 0.29) is 29.3 Å². The van der Waals surface area contributed by atoms with E-state index in [4.69, 9.17) is 0 Å². The van der Waals surface area contributed by atoms with Crippen LogP contribution in [-0.2, 0) is 26.2 Å². The molecule has 3 aromatic carbocycles. The molecule has 0 radical (unpaired) electrons. The summed E-state index contributed by atoms with van der Waals surface area (Å²) in [6.07, 6.45) is 4.01. The Morgan fingerprint density at radius 2 is 1.38 bits per heavy atom. The van der Waals surface area contributed by atoms with Crippen molar-refractivity contribution in [3.63, 3.8) is 0 Å². The van der Waals surface area contributed by atoms with Crippen LogP contribution in [0.5, 0.6) is 0 Å². The number of hydrogen-bond donors (Lipinski definition) is 1. The lowest BCUT2D eigenvalue weighted by atomic mass is 10.0. The van der Waals surface area contributed by atoms with Gasteiger partial charge in [-0.05, 0) is 74.9 Å². The smallest absolute Gasteiger partial charge is 0.264 e. The summed E-state index contributed by atoms with van der Waals surface area (Å²) in [7, 11) is -4.09. The van der Waals surface area contributed by atoms with E-state index in [9.17, 15) is 18.0 Å². The third kappa shape index (κ3) is 7.59. The molecule has 0 aliphatic heterocycles. The van der Waals surface area contributed by atoms with Crippen molar-refractivity contribution < 1.29 is 18.0 Å². The molecule has 1 aliphatic carbocycles. The summed E-state index contributed by atoms with van der Waals surface area (Å²) >= 11 is 0. The van der Waals surface area contributed by atoms with Crippen LogP contribution in [0.1, 0.15) is 74.6 Å². The highest BCUT2D eigenvalue weighted by molar-refractivity contribution is 7.92. The van der Waals surface area contributed by atoms with Crippen molar-refractivity contribution in [3.8, 4) is 0 Å². The SMILES string of the molecule is Cc1ccc(CN(C(=O)CN(c2ccc(C(C)C)cc2)S(=O)(=O)c2ccc(C)cc2)C(C)C(=O)NC2CCCC2)cc1. The fourth-order valence-corrected chi connectivity index (χ4v) is 6.67. The predicted octanol–water partition coefficient (Wildman–Crippen LogP) is 6.10. The second-order valence-corrected chi connectivity index (χ2v) is 13.6. The number of carbonyl (C=O) groups is 2. The van der Waals surface area contributed by atoms with Crippen molar-refractivity contribution in [1.82, 2.24) is 10.2 Å². The van der Waals surface area contributed by atoms with Gasteiger partial charge in [-0.2, -0.15) is 0 Å². The summed E-state index contributed by atoms with van der Waals surface area (Å²) in [5, 5.41) is 3.11. The van der Waals surface area contributed by atoms with E-state index in [0.29, 0.717) is 5.69 Å². The van der Waals surface area contributed by atoms with E-state index in [1.807, 2.05) is 50.2 Å². The first-order valence-electron chi connectivity index (χ1n) is 14.8. The average molecular weight is 590 g/mol. The fourth-order valence-electron chi connectivity index (χ4n) is 5.26. The van der Waals surface area contributed by atoms with Gasteiger partial charge in [0.1, 0.15) is 12.6 Å². The van der Waals surface area contributed by atoms with Gasteiger partial charge >= 0.3 is 0 Å². The zero-order valence-corrected chi connectivity index (χ0v) is 26.2. The van der Waals surface area contributed by atoms with E-state index in [1.165, 1.54) is 4.90 Å². The molecule has 0 bridgehead atoms. The summed E-state index contributed by atoms with van der Waals surface area (Å²) in [6.45, 7) is 9.48. The van der Waals surface area contributed by atoms with Crippen molar-refractivity contribution in [2.75, 3.05) is 10.8 Å². The minimum absolute atomic E-state index is 0.103. The highest BCUT2D eigenvalue weighted by Crippen LogP contribution is 2.27. The van der Waals surface area contributed by atoms with Crippen molar-refractivity contribution >= 4 is 27.5 Å². The molecule has 3 aromatic rings. The fraction of sp³-hybridized carbons (Fsp3) is 0.412. The predicted molar refractivity (Wildman–Crippen MR) is 168 cm³/mol. The number of hydrogen-bond acceptors (Lipinski definition) is 4. The molecule has 0 heterocycles. The van der Waals surface area contributed by atoms with Gasteiger partial charge in [0.05, 0.1) is 10.6 Å². The summed E-state index contributed by atoms with van der Waals surface area (Å²) in [4.78, 5) is 29.1. The molecule has 1 saturated carbocycles. The van der Waals surface area contributed by atoms with Crippen LogP contribution in [0.15, 0.2) is 77.7 Å². The molecular formula is C34H43N3O4S. The molecule has 0 aromatic heterocycles. The van der Waals surface area contributed by atoms with Crippen LogP contribution in [-0.4, -0.2) is 43.8 Å². The van der Waals surface area contributed by atoms with Crippen LogP contribution < -0.4 is 9.62 Å². The number of sulfonamides is 1. The Kier molecular flexibility index (Phi) is 10.1. The first kappa shape index (κ1) is 31.3. The normalized spacial score (nSPS) is 14.5. The molecule has 4 rings (SSSR count). The van der Waals surface area contributed by atoms with Gasteiger partial charge in [-0.25, -0.2) is 8.42 Å². The van der Waals surface area contributed by atoms with E-state index in [0.717, 1.165) is 52.2 Å². The molecule has 2 amide bonds. The second kappa shape index (κ2) is 13.6. The third-order valence-electron chi connectivity index (χ3n) is 8.08. The third-order valence-corrected chi connectivity index (χ3v) is 9.87. The minimum atomic E-state index is -4.09. The molecule has 1 aliphatic rings. The van der Waals surface area contributed by atoms with E-state index in [1.54, 1.807) is 43.3 Å². The van der Waals surface area contributed by atoms with E-state index < -0.39 is 28.5 Å². The lowest BCUT2D eigenvalue weighted by Gasteiger charge is -2.32. The lowest BCUT2D eigenvalue weighted by molar-refractivity contribution is -0.139. The topological polar surface area (TPSA) is 86.8 Å². The maximum Gasteiger partial charge on any atom is 0.264 e. The molecule has 42 heavy (non-hydrogen) atoms. The molecule has 0 spiro atoms. The summed E-state index contributed by atoms with van der Waals surface area (Å²) in [6, 6.07) is 21.0. The van der Waals surface area contributed by atoms with E-state index in [2.05, 4.69) is 19.2 Å². The average Bonchev–Trinajstić information content (AvgIpc) is 3.48. The first-order chi connectivity index (χ1) is 20.0. The van der Waals surface area contributed by atoms with Crippen molar-refractivity contribution in [3.05, 3.63) is 95.1 Å². The maximum atomic E-state index is 14.1. The Bertz CT molecular complexity index is 1460. The Labute approximate surface area is 251 Å². The minimum Gasteiger partial charge on any atom is -0.352 e. The zero-order chi connectivity index (χ0) is 30.4. The van der Waals surface area contributed by atoms with Gasteiger partial charge in [-0.3, -0.25) is 13.9 Å². The van der Waals surface area contributed by atoms with Crippen LogP contribution in [0.2, 0.25) is 0 Å². The number of nitrogens with zero attached hydrogens (tertiary/aromatic N) is 2. The van der Waals surface area contributed by atoms with Gasteiger partial charge in [0, 0.05) is 12.6 Å². The maximum absolute atomic E-state index is 14.1. The number of nitrogens with one attached hydrogen (secondary N) is 1. The van der Waals surface area contributed by atoms with Crippen LogP contribution in [0.3, 0.4) is 0 Å².